The van der Waals surface area contributed by atoms with E-state index in [1.807, 2.05) is 0 Å². The Balaban J connectivity index is 1.71. The maximum atomic E-state index is 3.62. The number of piperidine rings is 1. The molecule has 3 atom stereocenters. The van der Waals surface area contributed by atoms with Crippen molar-refractivity contribution in [2.45, 2.75) is 64.5 Å². The van der Waals surface area contributed by atoms with Gasteiger partial charge in [0.1, 0.15) is 0 Å². The first-order valence-corrected chi connectivity index (χ1v) is 7.28. The van der Waals surface area contributed by atoms with Gasteiger partial charge in [0.2, 0.25) is 0 Å². The Kier molecular flexibility index (Phi) is 4.66. The van der Waals surface area contributed by atoms with Crippen molar-refractivity contribution in [2.75, 3.05) is 19.6 Å². The van der Waals surface area contributed by atoms with Crippen LogP contribution in [-0.2, 0) is 0 Å². The molecule has 0 aromatic carbocycles. The van der Waals surface area contributed by atoms with Gasteiger partial charge in [0.15, 0.2) is 0 Å². The molecule has 94 valence electrons. The minimum Gasteiger partial charge on any atom is -0.313 e. The lowest BCUT2D eigenvalue weighted by molar-refractivity contribution is 0.113. The minimum atomic E-state index is 0.684. The summed E-state index contributed by atoms with van der Waals surface area (Å²) in [7, 11) is 0. The number of hydrogen-bond donors (Lipinski definition) is 1. The van der Waals surface area contributed by atoms with Crippen molar-refractivity contribution in [3.63, 3.8) is 0 Å². The molecule has 0 aromatic rings. The van der Waals surface area contributed by atoms with Crippen molar-refractivity contribution < 1.29 is 0 Å². The van der Waals surface area contributed by atoms with Gasteiger partial charge in [0.25, 0.3) is 0 Å². The average Bonchev–Trinajstić information content (AvgIpc) is 2.77. The zero-order chi connectivity index (χ0) is 11.4. The molecule has 1 N–H and O–H groups in total. The van der Waals surface area contributed by atoms with Crippen LogP contribution in [-0.4, -0.2) is 36.6 Å². The summed E-state index contributed by atoms with van der Waals surface area (Å²) in [6, 6.07) is 1.62. The fourth-order valence-corrected chi connectivity index (χ4v) is 3.43. The van der Waals surface area contributed by atoms with Gasteiger partial charge < -0.3 is 5.32 Å². The Morgan fingerprint density at radius 2 is 2.06 bits per heavy atom. The Hall–Kier alpha value is -0.0800. The Labute approximate surface area is 101 Å². The number of nitrogens with zero attached hydrogens (tertiary/aromatic N) is 1. The highest BCUT2D eigenvalue weighted by Gasteiger charge is 2.34. The van der Waals surface area contributed by atoms with Gasteiger partial charge in [-0.3, -0.25) is 4.90 Å². The van der Waals surface area contributed by atoms with Gasteiger partial charge in [-0.1, -0.05) is 13.3 Å². The lowest BCUT2D eigenvalue weighted by Gasteiger charge is -2.38. The molecule has 16 heavy (non-hydrogen) atoms. The zero-order valence-corrected chi connectivity index (χ0v) is 11.0. The molecular weight excluding hydrogens is 196 g/mol. The smallest absolute Gasteiger partial charge is 0.0124 e. The van der Waals surface area contributed by atoms with E-state index in [0.29, 0.717) is 6.04 Å². The van der Waals surface area contributed by atoms with Gasteiger partial charge in [-0.05, 0) is 51.5 Å². The minimum absolute atomic E-state index is 0.684. The Bertz CT molecular complexity index is 205. The van der Waals surface area contributed by atoms with Crippen LogP contribution in [0.15, 0.2) is 0 Å². The van der Waals surface area contributed by atoms with Gasteiger partial charge in [0.05, 0.1) is 0 Å². The molecule has 2 fully saturated rings. The first kappa shape index (κ1) is 12.4. The molecule has 2 aliphatic rings. The second kappa shape index (κ2) is 6.02. The summed E-state index contributed by atoms with van der Waals surface area (Å²) < 4.78 is 0. The standard InChI is InChI=1S/C14H28N2/c1-3-12(2)15-9-11-16-10-5-7-13-6-4-8-14(13)16/h12-15H,3-11H2,1-2H3. The van der Waals surface area contributed by atoms with Gasteiger partial charge in [-0.25, -0.2) is 0 Å². The fourth-order valence-electron chi connectivity index (χ4n) is 3.43. The number of hydrogen-bond acceptors (Lipinski definition) is 2. The highest BCUT2D eigenvalue weighted by Crippen LogP contribution is 2.36. The highest BCUT2D eigenvalue weighted by atomic mass is 15.2. The van der Waals surface area contributed by atoms with Crippen molar-refractivity contribution >= 4 is 0 Å². The van der Waals surface area contributed by atoms with E-state index in [-0.39, 0.29) is 0 Å². The molecule has 2 heteroatoms. The van der Waals surface area contributed by atoms with E-state index in [1.165, 1.54) is 58.2 Å². The van der Waals surface area contributed by atoms with E-state index >= 15 is 0 Å². The molecule has 1 saturated carbocycles. The molecule has 1 saturated heterocycles. The summed E-state index contributed by atoms with van der Waals surface area (Å²) in [4.78, 5) is 2.76. The van der Waals surface area contributed by atoms with Crippen LogP contribution < -0.4 is 5.32 Å². The van der Waals surface area contributed by atoms with Crippen LogP contribution in [0.2, 0.25) is 0 Å². The summed E-state index contributed by atoms with van der Waals surface area (Å²) in [6.07, 6.45) is 8.62. The largest absolute Gasteiger partial charge is 0.313 e. The normalized spacial score (nSPS) is 32.6. The topological polar surface area (TPSA) is 15.3 Å². The summed E-state index contributed by atoms with van der Waals surface area (Å²) in [5.74, 6) is 1.04. The molecule has 2 rings (SSSR count). The van der Waals surface area contributed by atoms with Crippen molar-refractivity contribution in [1.29, 1.82) is 0 Å². The first-order valence-electron chi connectivity index (χ1n) is 7.28. The molecule has 2 nitrogen and oxygen atoms in total. The van der Waals surface area contributed by atoms with E-state index in [0.717, 1.165) is 12.0 Å². The average molecular weight is 224 g/mol. The van der Waals surface area contributed by atoms with Crippen LogP contribution in [0, 0.1) is 5.92 Å². The quantitative estimate of drug-likeness (QED) is 0.772. The van der Waals surface area contributed by atoms with Crippen LogP contribution in [0.5, 0.6) is 0 Å². The summed E-state index contributed by atoms with van der Waals surface area (Å²) >= 11 is 0. The molecule has 1 heterocycles. The Morgan fingerprint density at radius 3 is 2.88 bits per heavy atom. The van der Waals surface area contributed by atoms with E-state index in [4.69, 9.17) is 0 Å². The molecule has 0 amide bonds. The van der Waals surface area contributed by atoms with E-state index in [9.17, 15) is 0 Å². The predicted molar refractivity (Wildman–Crippen MR) is 69.7 cm³/mol. The molecule has 1 aliphatic carbocycles. The fraction of sp³-hybridized carbons (Fsp3) is 1.00. The third kappa shape index (κ3) is 2.98. The Morgan fingerprint density at radius 1 is 1.25 bits per heavy atom. The van der Waals surface area contributed by atoms with Crippen molar-refractivity contribution in [3.05, 3.63) is 0 Å². The van der Waals surface area contributed by atoms with E-state index in [1.54, 1.807) is 0 Å². The molecule has 1 aliphatic heterocycles. The molecule has 0 spiro atoms. The molecule has 0 bridgehead atoms. The van der Waals surface area contributed by atoms with Crippen molar-refractivity contribution in [3.8, 4) is 0 Å². The number of likely N-dealkylation sites (tertiary alicyclic amines) is 1. The predicted octanol–water partition coefficient (Wildman–Crippen LogP) is 2.64. The lowest BCUT2D eigenvalue weighted by Crippen LogP contribution is -2.46. The lowest BCUT2D eigenvalue weighted by atomic mass is 9.92. The molecule has 0 radical (unpaired) electrons. The third-order valence-corrected chi connectivity index (χ3v) is 4.61. The van der Waals surface area contributed by atoms with Crippen molar-refractivity contribution in [2.24, 2.45) is 5.92 Å². The second-order valence-electron chi connectivity index (χ2n) is 5.70. The molecule has 3 unspecified atom stereocenters. The molecular formula is C14H28N2. The van der Waals surface area contributed by atoms with Gasteiger partial charge in [-0.2, -0.15) is 0 Å². The highest BCUT2D eigenvalue weighted by molar-refractivity contribution is 4.89. The first-order chi connectivity index (χ1) is 7.81. The number of rotatable bonds is 5. The van der Waals surface area contributed by atoms with Crippen LogP contribution in [0.4, 0.5) is 0 Å². The van der Waals surface area contributed by atoms with Crippen LogP contribution >= 0.6 is 0 Å². The maximum Gasteiger partial charge on any atom is 0.0124 e. The third-order valence-electron chi connectivity index (χ3n) is 4.61. The van der Waals surface area contributed by atoms with Crippen LogP contribution in [0.1, 0.15) is 52.4 Å². The summed E-state index contributed by atoms with van der Waals surface area (Å²) in [5.41, 5.74) is 0. The van der Waals surface area contributed by atoms with Crippen LogP contribution in [0.25, 0.3) is 0 Å². The van der Waals surface area contributed by atoms with Gasteiger partial charge >= 0.3 is 0 Å². The second-order valence-corrected chi connectivity index (χ2v) is 5.70. The zero-order valence-electron chi connectivity index (χ0n) is 11.0. The van der Waals surface area contributed by atoms with Gasteiger partial charge in [0, 0.05) is 25.2 Å². The monoisotopic (exact) mass is 224 g/mol. The number of fused-ring (bicyclic) bond motifs is 1. The van der Waals surface area contributed by atoms with E-state index < -0.39 is 0 Å². The van der Waals surface area contributed by atoms with Gasteiger partial charge in [-0.15, -0.1) is 0 Å². The van der Waals surface area contributed by atoms with Crippen molar-refractivity contribution in [1.82, 2.24) is 10.2 Å². The number of nitrogens with one attached hydrogen (secondary N) is 1. The summed E-state index contributed by atoms with van der Waals surface area (Å²) in [6.45, 7) is 8.34. The summed E-state index contributed by atoms with van der Waals surface area (Å²) in [5, 5.41) is 3.62. The SMILES string of the molecule is CCC(C)NCCN1CCCC2CCCC21. The van der Waals surface area contributed by atoms with Crippen LogP contribution in [0.3, 0.4) is 0 Å². The van der Waals surface area contributed by atoms with E-state index in [2.05, 4.69) is 24.1 Å². The molecule has 0 aromatic heterocycles. The maximum absolute atomic E-state index is 3.62.